The maximum atomic E-state index is 13.5. The first-order valence-electron chi connectivity index (χ1n) is 10.5. The number of para-hydroxylation sites is 1. The highest BCUT2D eigenvalue weighted by Gasteiger charge is 2.28. The third kappa shape index (κ3) is 4.33. The van der Waals surface area contributed by atoms with Gasteiger partial charge in [-0.05, 0) is 43.3 Å². The number of carbonyl (C=O) groups is 1. The SMILES string of the molecule is COCCn1c(C(C)N(Cc2ccco2)C(=O)c2ccccc2)nc2ccccc2c1=O. The Kier molecular flexibility index (Phi) is 6.47. The Balaban J connectivity index is 1.82. The summed E-state index contributed by atoms with van der Waals surface area (Å²) in [5.41, 5.74) is 0.996. The van der Waals surface area contributed by atoms with Gasteiger partial charge in [-0.2, -0.15) is 0 Å². The molecule has 2 aromatic carbocycles. The molecule has 2 heterocycles. The average molecular weight is 431 g/mol. The lowest BCUT2D eigenvalue weighted by molar-refractivity contribution is 0.0644. The molecule has 4 aromatic rings. The fourth-order valence-electron chi connectivity index (χ4n) is 3.74. The van der Waals surface area contributed by atoms with Gasteiger partial charge in [0.2, 0.25) is 0 Å². The number of hydrogen-bond acceptors (Lipinski definition) is 5. The van der Waals surface area contributed by atoms with Gasteiger partial charge in [0.15, 0.2) is 0 Å². The zero-order chi connectivity index (χ0) is 22.5. The number of fused-ring (bicyclic) bond motifs is 1. The summed E-state index contributed by atoms with van der Waals surface area (Å²) in [6.07, 6.45) is 1.58. The highest BCUT2D eigenvalue weighted by Crippen LogP contribution is 2.24. The molecule has 32 heavy (non-hydrogen) atoms. The van der Waals surface area contributed by atoms with Crippen LogP contribution in [0.25, 0.3) is 10.9 Å². The Morgan fingerprint density at radius 3 is 2.56 bits per heavy atom. The molecule has 0 aliphatic rings. The number of aromatic nitrogens is 2. The van der Waals surface area contributed by atoms with Crippen LogP contribution >= 0.6 is 0 Å². The number of methoxy groups -OCH3 is 1. The summed E-state index contributed by atoms with van der Waals surface area (Å²) >= 11 is 0. The lowest BCUT2D eigenvalue weighted by Crippen LogP contribution is -2.38. The highest BCUT2D eigenvalue weighted by molar-refractivity contribution is 5.94. The first kappa shape index (κ1) is 21.5. The standard InChI is InChI=1S/C25H25N3O4/c1-18(23-26-22-13-7-6-12-21(22)25(30)27(23)14-16-31-2)28(17-20-11-8-15-32-20)24(29)19-9-4-3-5-10-19/h3-13,15,18H,14,16-17H2,1-2H3. The molecule has 7 heteroatoms. The van der Waals surface area contributed by atoms with Gasteiger partial charge in [0.1, 0.15) is 11.6 Å². The van der Waals surface area contributed by atoms with E-state index in [1.807, 2.05) is 49.4 Å². The molecule has 4 rings (SSSR count). The molecule has 0 saturated heterocycles. The van der Waals surface area contributed by atoms with Gasteiger partial charge in [0.05, 0.1) is 42.9 Å². The van der Waals surface area contributed by atoms with Crippen molar-refractivity contribution in [3.63, 3.8) is 0 Å². The zero-order valence-corrected chi connectivity index (χ0v) is 18.1. The fourth-order valence-corrected chi connectivity index (χ4v) is 3.74. The number of rotatable bonds is 8. The lowest BCUT2D eigenvalue weighted by Gasteiger charge is -2.30. The van der Waals surface area contributed by atoms with E-state index < -0.39 is 6.04 Å². The van der Waals surface area contributed by atoms with E-state index in [1.54, 1.807) is 47.1 Å². The van der Waals surface area contributed by atoms with Crippen molar-refractivity contribution in [3.05, 3.63) is 100 Å². The third-order valence-electron chi connectivity index (χ3n) is 5.44. The van der Waals surface area contributed by atoms with Crippen molar-refractivity contribution >= 4 is 16.8 Å². The van der Waals surface area contributed by atoms with Crippen LogP contribution in [-0.2, 0) is 17.8 Å². The van der Waals surface area contributed by atoms with Crippen LogP contribution in [0.4, 0.5) is 0 Å². The zero-order valence-electron chi connectivity index (χ0n) is 18.1. The summed E-state index contributed by atoms with van der Waals surface area (Å²) in [5.74, 6) is 0.976. The van der Waals surface area contributed by atoms with Crippen LogP contribution in [0.1, 0.15) is 34.9 Å². The molecule has 1 amide bonds. The lowest BCUT2D eigenvalue weighted by atomic mass is 10.1. The molecule has 1 unspecified atom stereocenters. The van der Waals surface area contributed by atoms with Crippen molar-refractivity contribution in [2.45, 2.75) is 26.1 Å². The summed E-state index contributed by atoms with van der Waals surface area (Å²) in [7, 11) is 1.59. The van der Waals surface area contributed by atoms with Crippen LogP contribution in [0, 0.1) is 0 Å². The normalized spacial score (nSPS) is 12.1. The van der Waals surface area contributed by atoms with Gasteiger partial charge in [0.25, 0.3) is 11.5 Å². The van der Waals surface area contributed by atoms with E-state index >= 15 is 0 Å². The van der Waals surface area contributed by atoms with Crippen molar-refractivity contribution in [3.8, 4) is 0 Å². The topological polar surface area (TPSA) is 77.6 Å². The van der Waals surface area contributed by atoms with Crippen LogP contribution in [-0.4, -0.2) is 34.1 Å². The summed E-state index contributed by atoms with van der Waals surface area (Å²) in [4.78, 5) is 33.3. The Morgan fingerprint density at radius 1 is 1.09 bits per heavy atom. The predicted octanol–water partition coefficient (Wildman–Crippen LogP) is 4.04. The molecule has 2 aromatic heterocycles. The van der Waals surface area contributed by atoms with Crippen LogP contribution in [0.3, 0.4) is 0 Å². The Labute approximate surface area is 185 Å². The number of furan rings is 1. The van der Waals surface area contributed by atoms with E-state index in [9.17, 15) is 9.59 Å². The minimum atomic E-state index is -0.498. The molecule has 164 valence electrons. The molecule has 1 atom stereocenters. The molecule has 0 aliphatic carbocycles. The van der Waals surface area contributed by atoms with E-state index in [-0.39, 0.29) is 18.0 Å². The number of benzene rings is 2. The van der Waals surface area contributed by atoms with E-state index in [2.05, 4.69) is 0 Å². The number of carbonyl (C=O) groups excluding carboxylic acids is 1. The quantitative estimate of drug-likeness (QED) is 0.421. The summed E-state index contributed by atoms with van der Waals surface area (Å²) in [6, 6.07) is 19.4. The highest BCUT2D eigenvalue weighted by atomic mass is 16.5. The minimum Gasteiger partial charge on any atom is -0.467 e. The first-order valence-corrected chi connectivity index (χ1v) is 10.5. The fraction of sp³-hybridized carbons (Fsp3) is 0.240. The molecule has 0 aliphatic heterocycles. The predicted molar refractivity (Wildman–Crippen MR) is 121 cm³/mol. The van der Waals surface area contributed by atoms with Crippen LogP contribution in [0.5, 0.6) is 0 Å². The van der Waals surface area contributed by atoms with E-state index in [0.717, 1.165) is 0 Å². The van der Waals surface area contributed by atoms with Gasteiger partial charge in [-0.15, -0.1) is 0 Å². The van der Waals surface area contributed by atoms with Crippen molar-refractivity contribution < 1.29 is 13.9 Å². The van der Waals surface area contributed by atoms with E-state index in [4.69, 9.17) is 14.1 Å². The van der Waals surface area contributed by atoms with Crippen molar-refractivity contribution in [1.82, 2.24) is 14.5 Å². The van der Waals surface area contributed by atoms with Crippen LogP contribution in [0.2, 0.25) is 0 Å². The monoisotopic (exact) mass is 431 g/mol. The first-order chi connectivity index (χ1) is 15.6. The maximum Gasteiger partial charge on any atom is 0.261 e. The van der Waals surface area contributed by atoms with Crippen molar-refractivity contribution in [2.24, 2.45) is 0 Å². The maximum absolute atomic E-state index is 13.5. The van der Waals surface area contributed by atoms with Gasteiger partial charge in [0, 0.05) is 12.7 Å². The van der Waals surface area contributed by atoms with Gasteiger partial charge in [-0.1, -0.05) is 30.3 Å². The second-order valence-electron chi connectivity index (χ2n) is 7.49. The Hall–Kier alpha value is -3.71. The average Bonchev–Trinajstić information content (AvgIpc) is 3.35. The van der Waals surface area contributed by atoms with Crippen LogP contribution in [0.15, 0.2) is 82.2 Å². The smallest absolute Gasteiger partial charge is 0.261 e. The van der Waals surface area contributed by atoms with Crippen LogP contribution < -0.4 is 5.56 Å². The van der Waals surface area contributed by atoms with E-state index in [0.29, 0.717) is 41.2 Å². The number of amides is 1. The molecule has 0 spiro atoms. The molecular weight excluding hydrogens is 406 g/mol. The second kappa shape index (κ2) is 9.62. The second-order valence-corrected chi connectivity index (χ2v) is 7.49. The third-order valence-corrected chi connectivity index (χ3v) is 5.44. The molecule has 0 bridgehead atoms. The van der Waals surface area contributed by atoms with Gasteiger partial charge >= 0.3 is 0 Å². The molecule has 0 saturated carbocycles. The summed E-state index contributed by atoms with van der Waals surface area (Å²) in [6.45, 7) is 2.81. The largest absolute Gasteiger partial charge is 0.467 e. The van der Waals surface area contributed by atoms with Crippen molar-refractivity contribution in [2.75, 3.05) is 13.7 Å². The number of hydrogen-bond donors (Lipinski definition) is 0. The number of ether oxygens (including phenoxy) is 1. The molecule has 0 radical (unpaired) electrons. The molecular formula is C25H25N3O4. The molecule has 0 fully saturated rings. The van der Waals surface area contributed by atoms with Crippen molar-refractivity contribution in [1.29, 1.82) is 0 Å². The van der Waals surface area contributed by atoms with E-state index in [1.165, 1.54) is 0 Å². The van der Waals surface area contributed by atoms with Gasteiger partial charge < -0.3 is 14.1 Å². The van der Waals surface area contributed by atoms with Gasteiger partial charge in [-0.25, -0.2) is 4.98 Å². The summed E-state index contributed by atoms with van der Waals surface area (Å²) < 4.78 is 12.4. The Morgan fingerprint density at radius 2 is 1.84 bits per heavy atom. The number of nitrogens with zero attached hydrogens (tertiary/aromatic N) is 3. The summed E-state index contributed by atoms with van der Waals surface area (Å²) in [5, 5.41) is 0.534. The Bertz CT molecular complexity index is 1250. The molecule has 7 nitrogen and oxygen atoms in total. The molecule has 0 N–H and O–H groups in total. The minimum absolute atomic E-state index is 0.153. The van der Waals surface area contributed by atoms with Gasteiger partial charge in [-0.3, -0.25) is 14.2 Å².